The van der Waals surface area contributed by atoms with Crippen LogP contribution < -0.4 is 11.1 Å². The molecule has 1 saturated heterocycles. The van der Waals surface area contributed by atoms with Gasteiger partial charge in [0.2, 0.25) is 11.7 Å². The quantitative estimate of drug-likeness (QED) is 0.802. The van der Waals surface area contributed by atoms with E-state index >= 15 is 0 Å². The topological polar surface area (TPSA) is 114 Å². The Morgan fingerprint density at radius 1 is 1.36 bits per heavy atom. The molecule has 1 aliphatic heterocycles. The third-order valence-electron chi connectivity index (χ3n) is 4.40. The number of urea groups is 1. The molecule has 28 heavy (non-hydrogen) atoms. The number of halogens is 3. The standard InChI is InChI=1S/C16H17F3N6O2S/c1-7-4-6-25(10(7)12(20)26)15(27)24-14-22-8(2)11(28-14)9-3-5-21-13(23-9)16(17,18)19/h3,5,7,10H,4,6H2,1-2H3,(H2,20,26)(H,22,24,27)/t7-,10-/m0/s1. The zero-order chi connectivity index (χ0) is 20.6. The summed E-state index contributed by atoms with van der Waals surface area (Å²) in [7, 11) is 0. The number of nitrogens with zero attached hydrogens (tertiary/aromatic N) is 4. The molecule has 12 heteroatoms. The Balaban J connectivity index is 1.82. The minimum atomic E-state index is -4.66. The Bertz CT molecular complexity index is 916. The molecule has 3 heterocycles. The number of alkyl halides is 3. The van der Waals surface area contributed by atoms with Crippen LogP contribution in [0.25, 0.3) is 10.6 Å². The predicted molar refractivity (Wildman–Crippen MR) is 95.4 cm³/mol. The Labute approximate surface area is 162 Å². The Morgan fingerprint density at radius 2 is 2.07 bits per heavy atom. The fourth-order valence-corrected chi connectivity index (χ4v) is 4.01. The van der Waals surface area contributed by atoms with Gasteiger partial charge in [-0.15, -0.1) is 0 Å². The second-order valence-corrected chi connectivity index (χ2v) is 7.43. The number of aromatic nitrogens is 3. The first kappa shape index (κ1) is 20.0. The summed E-state index contributed by atoms with van der Waals surface area (Å²) in [5.74, 6) is -1.89. The molecule has 0 spiro atoms. The van der Waals surface area contributed by atoms with Crippen LogP contribution in [0.1, 0.15) is 24.9 Å². The number of aryl methyl sites for hydroxylation is 1. The summed E-state index contributed by atoms with van der Waals surface area (Å²) in [6.45, 7) is 3.81. The molecule has 3 N–H and O–H groups in total. The molecule has 0 radical (unpaired) electrons. The Morgan fingerprint density at radius 3 is 2.71 bits per heavy atom. The molecule has 1 aliphatic rings. The molecule has 0 saturated carbocycles. The van der Waals surface area contributed by atoms with Gasteiger partial charge in [0.05, 0.1) is 16.3 Å². The predicted octanol–water partition coefficient (Wildman–Crippen LogP) is 2.65. The van der Waals surface area contributed by atoms with Crippen LogP contribution in [-0.2, 0) is 11.0 Å². The SMILES string of the molecule is Cc1nc(NC(=O)N2CC[C@H](C)[C@H]2C(N)=O)sc1-c1ccnc(C(F)(F)F)n1. The minimum Gasteiger partial charge on any atom is -0.368 e. The zero-order valence-corrected chi connectivity index (χ0v) is 15.8. The van der Waals surface area contributed by atoms with E-state index in [9.17, 15) is 22.8 Å². The fraction of sp³-hybridized carbons (Fsp3) is 0.438. The Kier molecular flexibility index (Phi) is 5.24. The maximum atomic E-state index is 12.8. The van der Waals surface area contributed by atoms with Gasteiger partial charge in [0.15, 0.2) is 5.13 Å². The molecule has 3 rings (SSSR count). The highest BCUT2D eigenvalue weighted by atomic mass is 32.1. The van der Waals surface area contributed by atoms with Gasteiger partial charge in [0.25, 0.3) is 0 Å². The molecule has 0 aliphatic carbocycles. The lowest BCUT2D eigenvalue weighted by Gasteiger charge is -2.23. The van der Waals surface area contributed by atoms with Crippen molar-refractivity contribution in [1.29, 1.82) is 0 Å². The Hall–Kier alpha value is -2.76. The average molecular weight is 414 g/mol. The van der Waals surface area contributed by atoms with Gasteiger partial charge < -0.3 is 10.6 Å². The maximum Gasteiger partial charge on any atom is 0.451 e. The van der Waals surface area contributed by atoms with Crippen molar-refractivity contribution in [1.82, 2.24) is 19.9 Å². The van der Waals surface area contributed by atoms with Crippen LogP contribution in [-0.4, -0.2) is 44.4 Å². The molecule has 0 bridgehead atoms. The molecule has 8 nitrogen and oxygen atoms in total. The van der Waals surface area contributed by atoms with Gasteiger partial charge in [-0.1, -0.05) is 18.3 Å². The molecule has 0 unspecified atom stereocenters. The highest BCUT2D eigenvalue weighted by Gasteiger charge is 2.38. The number of carbonyl (C=O) groups excluding carboxylic acids is 2. The molecule has 2 aromatic rings. The molecule has 3 amide bonds. The molecule has 150 valence electrons. The maximum absolute atomic E-state index is 12.8. The lowest BCUT2D eigenvalue weighted by atomic mass is 10.0. The van der Waals surface area contributed by atoms with Crippen LogP contribution in [0.5, 0.6) is 0 Å². The number of hydrogen-bond donors (Lipinski definition) is 2. The molecule has 0 aromatic carbocycles. The van der Waals surface area contributed by atoms with Crippen molar-refractivity contribution in [3.63, 3.8) is 0 Å². The summed E-state index contributed by atoms with van der Waals surface area (Å²) in [5.41, 5.74) is 5.85. The van der Waals surface area contributed by atoms with E-state index in [1.165, 1.54) is 11.0 Å². The van der Waals surface area contributed by atoms with E-state index in [1.807, 2.05) is 6.92 Å². The van der Waals surface area contributed by atoms with E-state index < -0.39 is 30.0 Å². The van der Waals surface area contributed by atoms with Crippen LogP contribution in [0.15, 0.2) is 12.3 Å². The number of rotatable bonds is 3. The van der Waals surface area contributed by atoms with Gasteiger partial charge in [-0.25, -0.2) is 19.7 Å². The molecular formula is C16H17F3N6O2S. The van der Waals surface area contributed by atoms with E-state index in [-0.39, 0.29) is 16.7 Å². The first-order valence-electron chi connectivity index (χ1n) is 8.33. The molecular weight excluding hydrogens is 397 g/mol. The number of primary amides is 1. The van der Waals surface area contributed by atoms with Gasteiger partial charge in [-0.3, -0.25) is 10.1 Å². The van der Waals surface area contributed by atoms with Crippen molar-refractivity contribution < 1.29 is 22.8 Å². The van der Waals surface area contributed by atoms with Crippen LogP contribution in [0.2, 0.25) is 0 Å². The largest absolute Gasteiger partial charge is 0.451 e. The number of thiazole rings is 1. The van der Waals surface area contributed by atoms with Crippen LogP contribution in [0.3, 0.4) is 0 Å². The number of nitrogens with two attached hydrogens (primary N) is 1. The number of likely N-dealkylation sites (tertiary alicyclic amines) is 1. The van der Waals surface area contributed by atoms with Crippen molar-refractivity contribution in [2.24, 2.45) is 11.7 Å². The van der Waals surface area contributed by atoms with E-state index in [0.717, 1.165) is 17.5 Å². The normalized spacial score (nSPS) is 19.7. The number of anilines is 1. The lowest BCUT2D eigenvalue weighted by molar-refractivity contribution is -0.144. The van der Waals surface area contributed by atoms with Gasteiger partial charge in [-0.05, 0) is 25.3 Å². The average Bonchev–Trinajstić information content (AvgIpc) is 3.17. The smallest absolute Gasteiger partial charge is 0.368 e. The summed E-state index contributed by atoms with van der Waals surface area (Å²) >= 11 is 0.986. The number of carbonyl (C=O) groups is 2. The molecule has 1 fully saturated rings. The first-order chi connectivity index (χ1) is 13.1. The van der Waals surface area contributed by atoms with Gasteiger partial charge in [0, 0.05) is 12.7 Å². The van der Waals surface area contributed by atoms with Crippen LogP contribution in [0, 0.1) is 12.8 Å². The van der Waals surface area contributed by atoms with Crippen molar-refractivity contribution in [3.8, 4) is 10.6 Å². The summed E-state index contributed by atoms with van der Waals surface area (Å²) < 4.78 is 38.5. The zero-order valence-electron chi connectivity index (χ0n) is 14.9. The first-order valence-corrected chi connectivity index (χ1v) is 9.14. The molecule has 2 aromatic heterocycles. The monoisotopic (exact) mass is 414 g/mol. The van der Waals surface area contributed by atoms with E-state index in [0.29, 0.717) is 23.5 Å². The van der Waals surface area contributed by atoms with E-state index in [1.54, 1.807) is 6.92 Å². The summed E-state index contributed by atoms with van der Waals surface area (Å²) in [6, 6.07) is 0.0935. The summed E-state index contributed by atoms with van der Waals surface area (Å²) in [6.07, 6.45) is -3.00. The van der Waals surface area contributed by atoms with E-state index in [4.69, 9.17) is 5.73 Å². The molecule has 2 atom stereocenters. The van der Waals surface area contributed by atoms with Gasteiger partial charge in [-0.2, -0.15) is 13.2 Å². The van der Waals surface area contributed by atoms with E-state index in [2.05, 4.69) is 20.3 Å². The summed E-state index contributed by atoms with van der Waals surface area (Å²) in [4.78, 5) is 36.8. The highest BCUT2D eigenvalue weighted by molar-refractivity contribution is 7.19. The second kappa shape index (κ2) is 7.34. The fourth-order valence-electron chi connectivity index (χ4n) is 3.08. The van der Waals surface area contributed by atoms with Crippen LogP contribution >= 0.6 is 11.3 Å². The number of nitrogens with one attached hydrogen (secondary N) is 1. The van der Waals surface area contributed by atoms with Gasteiger partial charge >= 0.3 is 12.2 Å². The minimum absolute atomic E-state index is 0.0568. The van der Waals surface area contributed by atoms with Crippen molar-refractivity contribution in [3.05, 3.63) is 23.8 Å². The highest BCUT2D eigenvalue weighted by Crippen LogP contribution is 2.34. The number of amides is 3. The second-order valence-electron chi connectivity index (χ2n) is 6.43. The van der Waals surface area contributed by atoms with Crippen molar-refractivity contribution >= 4 is 28.4 Å². The van der Waals surface area contributed by atoms with Gasteiger partial charge in [0.1, 0.15) is 6.04 Å². The third kappa shape index (κ3) is 3.91. The third-order valence-corrected chi connectivity index (χ3v) is 5.50. The van der Waals surface area contributed by atoms with Crippen molar-refractivity contribution in [2.45, 2.75) is 32.5 Å². The van der Waals surface area contributed by atoms with Crippen LogP contribution in [0.4, 0.5) is 23.1 Å². The van der Waals surface area contributed by atoms with Crippen molar-refractivity contribution in [2.75, 3.05) is 11.9 Å². The lowest BCUT2D eigenvalue weighted by Crippen LogP contribution is -2.47. The number of hydrogen-bond acceptors (Lipinski definition) is 6. The summed E-state index contributed by atoms with van der Waals surface area (Å²) in [5, 5.41) is 2.77.